The topological polar surface area (TPSA) is 47.7 Å². The maximum atomic E-state index is 6.44. The third kappa shape index (κ3) is 2.68. The van der Waals surface area contributed by atoms with Crippen molar-refractivity contribution in [3.05, 3.63) is 29.3 Å². The molecule has 2 N–H and O–H groups in total. The summed E-state index contributed by atoms with van der Waals surface area (Å²) in [6.07, 6.45) is 3.42. The van der Waals surface area contributed by atoms with E-state index in [1.165, 1.54) is 17.5 Å². The van der Waals surface area contributed by atoms with Gasteiger partial charge in [-0.15, -0.1) is 0 Å². The molecule has 20 heavy (non-hydrogen) atoms. The van der Waals surface area contributed by atoms with Crippen LogP contribution in [0.4, 0.5) is 0 Å². The fourth-order valence-electron chi connectivity index (χ4n) is 3.06. The van der Waals surface area contributed by atoms with Gasteiger partial charge in [0.15, 0.2) is 0 Å². The van der Waals surface area contributed by atoms with E-state index in [1.54, 1.807) is 7.11 Å². The highest BCUT2D eigenvalue weighted by Gasteiger charge is 2.34. The highest BCUT2D eigenvalue weighted by molar-refractivity contribution is 5.40. The minimum absolute atomic E-state index is 0.105. The zero-order chi connectivity index (χ0) is 14.0. The Morgan fingerprint density at radius 3 is 2.65 bits per heavy atom. The Labute approximate surface area is 120 Å². The molecule has 0 spiro atoms. The zero-order valence-electron chi connectivity index (χ0n) is 12.2. The molecule has 4 nitrogen and oxygen atoms in total. The largest absolute Gasteiger partial charge is 0.496 e. The van der Waals surface area contributed by atoms with Gasteiger partial charge < -0.3 is 15.2 Å². The van der Waals surface area contributed by atoms with Gasteiger partial charge in [-0.25, -0.2) is 0 Å². The first-order valence-corrected chi connectivity index (χ1v) is 7.48. The highest BCUT2D eigenvalue weighted by Crippen LogP contribution is 2.40. The van der Waals surface area contributed by atoms with Crippen LogP contribution in [-0.4, -0.2) is 38.3 Å². The lowest BCUT2D eigenvalue weighted by Crippen LogP contribution is -2.43. The molecule has 0 radical (unpaired) electrons. The van der Waals surface area contributed by atoms with E-state index >= 15 is 0 Å². The van der Waals surface area contributed by atoms with Gasteiger partial charge in [0, 0.05) is 30.7 Å². The average Bonchev–Trinajstić information content (AvgIpc) is 2.46. The van der Waals surface area contributed by atoms with E-state index < -0.39 is 0 Å². The second-order valence-electron chi connectivity index (χ2n) is 5.92. The molecule has 1 aliphatic heterocycles. The summed E-state index contributed by atoms with van der Waals surface area (Å²) in [6, 6.07) is 6.44. The van der Waals surface area contributed by atoms with Gasteiger partial charge in [-0.1, -0.05) is 6.07 Å². The van der Waals surface area contributed by atoms with Gasteiger partial charge in [0.25, 0.3) is 0 Å². The van der Waals surface area contributed by atoms with E-state index in [0.29, 0.717) is 0 Å². The van der Waals surface area contributed by atoms with Gasteiger partial charge in [-0.3, -0.25) is 4.90 Å². The molecule has 0 aromatic heterocycles. The molecule has 1 aromatic carbocycles. The molecule has 0 amide bonds. The van der Waals surface area contributed by atoms with Crippen LogP contribution in [0.5, 0.6) is 5.75 Å². The standard InChI is InChI=1S/C16H24N2O2/c1-19-15-4-3-14(16(17)5-2-6-16)11-13(15)12-18-7-9-20-10-8-18/h3-4,11H,2,5-10,12,17H2,1H3. The summed E-state index contributed by atoms with van der Waals surface area (Å²) in [7, 11) is 1.74. The smallest absolute Gasteiger partial charge is 0.123 e. The average molecular weight is 276 g/mol. The predicted octanol–water partition coefficient (Wildman–Crippen LogP) is 1.87. The van der Waals surface area contributed by atoms with Crippen LogP contribution >= 0.6 is 0 Å². The van der Waals surface area contributed by atoms with Crippen LogP contribution < -0.4 is 10.5 Å². The second kappa shape index (κ2) is 5.72. The van der Waals surface area contributed by atoms with Crippen molar-refractivity contribution >= 4 is 0 Å². The van der Waals surface area contributed by atoms with Crippen LogP contribution in [0.1, 0.15) is 30.4 Å². The lowest BCUT2D eigenvalue weighted by atomic mass is 9.72. The summed E-state index contributed by atoms with van der Waals surface area (Å²) in [5, 5.41) is 0. The van der Waals surface area contributed by atoms with Crippen LogP contribution in [0, 0.1) is 0 Å². The van der Waals surface area contributed by atoms with Crippen molar-refractivity contribution in [2.45, 2.75) is 31.3 Å². The second-order valence-corrected chi connectivity index (χ2v) is 5.92. The summed E-state index contributed by atoms with van der Waals surface area (Å²) in [6.45, 7) is 4.53. The number of ether oxygens (including phenoxy) is 2. The molecule has 2 fully saturated rings. The molecular weight excluding hydrogens is 252 g/mol. The van der Waals surface area contributed by atoms with Gasteiger partial charge >= 0.3 is 0 Å². The lowest BCUT2D eigenvalue weighted by Gasteiger charge is -2.39. The number of hydrogen-bond donors (Lipinski definition) is 1. The molecule has 1 saturated carbocycles. The summed E-state index contributed by atoms with van der Waals surface area (Å²) in [5.41, 5.74) is 8.83. The number of rotatable bonds is 4. The third-order valence-corrected chi connectivity index (χ3v) is 4.60. The molecule has 110 valence electrons. The number of morpholine rings is 1. The summed E-state index contributed by atoms with van der Waals surface area (Å²) in [5.74, 6) is 0.961. The van der Waals surface area contributed by atoms with Gasteiger partial charge in [-0.05, 0) is 37.0 Å². The van der Waals surface area contributed by atoms with Crippen molar-refractivity contribution in [3.63, 3.8) is 0 Å². The molecule has 3 rings (SSSR count). The number of nitrogens with zero attached hydrogens (tertiary/aromatic N) is 1. The number of hydrogen-bond acceptors (Lipinski definition) is 4. The molecule has 2 aliphatic rings. The van der Waals surface area contributed by atoms with Crippen molar-refractivity contribution < 1.29 is 9.47 Å². The fourth-order valence-corrected chi connectivity index (χ4v) is 3.06. The van der Waals surface area contributed by atoms with Crippen molar-refractivity contribution in [2.24, 2.45) is 5.73 Å². The first-order valence-electron chi connectivity index (χ1n) is 7.48. The Bertz CT molecular complexity index is 466. The van der Waals surface area contributed by atoms with E-state index in [4.69, 9.17) is 15.2 Å². The third-order valence-electron chi connectivity index (χ3n) is 4.60. The molecule has 1 saturated heterocycles. The summed E-state index contributed by atoms with van der Waals surface area (Å²) in [4.78, 5) is 2.41. The monoisotopic (exact) mass is 276 g/mol. The van der Waals surface area contributed by atoms with Gasteiger partial charge in [0.1, 0.15) is 5.75 Å². The van der Waals surface area contributed by atoms with Crippen LogP contribution in [-0.2, 0) is 16.8 Å². The minimum atomic E-state index is -0.105. The highest BCUT2D eigenvalue weighted by atomic mass is 16.5. The molecule has 0 bridgehead atoms. The van der Waals surface area contributed by atoms with Gasteiger partial charge in [0.2, 0.25) is 0 Å². The maximum absolute atomic E-state index is 6.44. The summed E-state index contributed by atoms with van der Waals surface area (Å²) < 4.78 is 10.9. The van der Waals surface area contributed by atoms with Gasteiger partial charge in [-0.2, -0.15) is 0 Å². The first-order chi connectivity index (χ1) is 9.71. The van der Waals surface area contributed by atoms with Crippen LogP contribution in [0.25, 0.3) is 0 Å². The van der Waals surface area contributed by atoms with Crippen molar-refractivity contribution in [1.29, 1.82) is 0 Å². The minimum Gasteiger partial charge on any atom is -0.496 e. The van der Waals surface area contributed by atoms with Crippen LogP contribution in [0.3, 0.4) is 0 Å². The maximum Gasteiger partial charge on any atom is 0.123 e. The predicted molar refractivity (Wildman–Crippen MR) is 78.8 cm³/mol. The molecule has 0 atom stereocenters. The molecule has 4 heteroatoms. The molecule has 1 heterocycles. The fraction of sp³-hybridized carbons (Fsp3) is 0.625. The van der Waals surface area contributed by atoms with Crippen LogP contribution in [0.15, 0.2) is 18.2 Å². The molecule has 1 aliphatic carbocycles. The quantitative estimate of drug-likeness (QED) is 0.912. The Morgan fingerprint density at radius 2 is 2.05 bits per heavy atom. The molecule has 0 unspecified atom stereocenters. The number of benzene rings is 1. The van der Waals surface area contributed by atoms with Crippen molar-refractivity contribution in [1.82, 2.24) is 4.90 Å². The summed E-state index contributed by atoms with van der Waals surface area (Å²) >= 11 is 0. The number of nitrogens with two attached hydrogens (primary N) is 1. The van der Waals surface area contributed by atoms with E-state index in [0.717, 1.165) is 51.4 Å². The van der Waals surface area contributed by atoms with Crippen LogP contribution in [0.2, 0.25) is 0 Å². The Hall–Kier alpha value is -1.10. The van der Waals surface area contributed by atoms with Crippen molar-refractivity contribution in [3.8, 4) is 5.75 Å². The van der Waals surface area contributed by atoms with E-state index in [-0.39, 0.29) is 5.54 Å². The van der Waals surface area contributed by atoms with E-state index in [2.05, 4.69) is 23.1 Å². The normalized spacial score (nSPS) is 22.3. The van der Waals surface area contributed by atoms with Gasteiger partial charge in [0.05, 0.1) is 20.3 Å². The SMILES string of the molecule is COc1ccc(C2(N)CCC2)cc1CN1CCOCC1. The molecule has 1 aromatic rings. The van der Waals surface area contributed by atoms with Crippen molar-refractivity contribution in [2.75, 3.05) is 33.4 Å². The first kappa shape index (κ1) is 13.9. The van der Waals surface area contributed by atoms with E-state index in [9.17, 15) is 0 Å². The lowest BCUT2D eigenvalue weighted by molar-refractivity contribution is 0.0338. The molecular formula is C16H24N2O2. The Balaban J connectivity index is 1.81. The number of methoxy groups -OCH3 is 1. The zero-order valence-corrected chi connectivity index (χ0v) is 12.2. The van der Waals surface area contributed by atoms with E-state index in [1.807, 2.05) is 0 Å². The Morgan fingerprint density at radius 1 is 1.30 bits per heavy atom. The Kier molecular flexibility index (Phi) is 3.96.